The molecule has 0 fully saturated rings. The summed E-state index contributed by atoms with van der Waals surface area (Å²) in [6.45, 7) is 0.653. The average Bonchev–Trinajstić information content (AvgIpc) is 2.32. The van der Waals surface area contributed by atoms with E-state index in [0.29, 0.717) is 17.9 Å². The maximum absolute atomic E-state index is 11.9. The summed E-state index contributed by atoms with van der Waals surface area (Å²) in [5.74, 6) is 0. The van der Waals surface area contributed by atoms with Crippen molar-refractivity contribution in [1.82, 2.24) is 0 Å². The Morgan fingerprint density at radius 1 is 1.36 bits per heavy atom. The van der Waals surface area contributed by atoms with Crippen LogP contribution < -0.4 is 0 Å². The third kappa shape index (κ3) is 1.94. The average molecular weight is 181 g/mol. The molecule has 0 saturated heterocycles. The summed E-state index contributed by atoms with van der Waals surface area (Å²) in [7, 11) is 0. The van der Waals surface area contributed by atoms with Crippen molar-refractivity contribution in [3.8, 4) is 0 Å². The number of thiophene rings is 1. The zero-order valence-electron chi connectivity index (χ0n) is 5.22. The van der Waals surface area contributed by atoms with Gasteiger partial charge in [0, 0.05) is 4.88 Å². The number of halogens is 3. The molecule has 0 atom stereocenters. The quantitative estimate of drug-likeness (QED) is 0.706. The number of aliphatic hydroxyl groups is 1. The highest BCUT2D eigenvalue weighted by atomic mass is 32.1. The highest BCUT2D eigenvalue weighted by Gasteiger charge is 2.32. The van der Waals surface area contributed by atoms with Gasteiger partial charge in [-0.15, -0.1) is 11.3 Å². The molecule has 1 N–H and O–H groups in total. The summed E-state index contributed by atoms with van der Waals surface area (Å²) in [5, 5.41) is 8.33. The predicted molar refractivity (Wildman–Crippen MR) is 34.7 cm³/mol. The molecule has 0 aliphatic carbocycles. The van der Waals surface area contributed by atoms with Crippen molar-refractivity contribution in [2.45, 2.75) is 6.18 Å². The molecule has 0 aromatic carbocycles. The third-order valence-electron chi connectivity index (χ3n) is 1.03. The number of rotatable bonds is 1. The van der Waals surface area contributed by atoms with Crippen LogP contribution in [-0.4, -0.2) is 5.11 Å². The van der Waals surface area contributed by atoms with E-state index in [0.717, 1.165) is 6.07 Å². The Morgan fingerprint density at radius 3 is 2.27 bits per heavy atom. The van der Waals surface area contributed by atoms with Crippen LogP contribution in [0.2, 0.25) is 0 Å². The van der Waals surface area contributed by atoms with Gasteiger partial charge in [-0.05, 0) is 12.1 Å². The number of alkyl halides is 3. The largest absolute Gasteiger partial charge is 0.425 e. The summed E-state index contributed by atoms with van der Waals surface area (Å²) in [4.78, 5) is -0.491. The Hall–Kier alpha value is -0.550. The van der Waals surface area contributed by atoms with Crippen molar-refractivity contribution in [3.05, 3.63) is 28.5 Å². The van der Waals surface area contributed by atoms with Crippen LogP contribution in [0.1, 0.15) is 9.75 Å². The summed E-state index contributed by atoms with van der Waals surface area (Å²) in [6, 6.07) is 2.15. The van der Waals surface area contributed by atoms with E-state index in [2.05, 4.69) is 0 Å². The van der Waals surface area contributed by atoms with E-state index in [1.165, 1.54) is 6.07 Å². The topological polar surface area (TPSA) is 20.2 Å². The third-order valence-corrected chi connectivity index (χ3v) is 2.10. The Bertz CT molecular complexity index is 240. The first-order valence-corrected chi connectivity index (χ1v) is 3.50. The number of hydrogen-bond acceptors (Lipinski definition) is 2. The van der Waals surface area contributed by atoms with E-state index in [1.807, 2.05) is 0 Å². The lowest BCUT2D eigenvalue weighted by Crippen LogP contribution is -2.00. The van der Waals surface area contributed by atoms with Gasteiger partial charge in [-0.2, -0.15) is 13.2 Å². The van der Waals surface area contributed by atoms with Gasteiger partial charge < -0.3 is 5.11 Å². The molecule has 5 heteroatoms. The molecule has 0 bridgehead atoms. The first-order chi connectivity index (χ1) is 5.04. The van der Waals surface area contributed by atoms with Gasteiger partial charge in [0.25, 0.3) is 0 Å². The van der Waals surface area contributed by atoms with Crippen LogP contribution in [0.25, 0.3) is 0 Å². The SMILES string of the molecule is O[CH]c1ccc(C(F)(F)F)s1. The molecular weight excluding hydrogens is 177 g/mol. The maximum Gasteiger partial charge on any atom is 0.425 e. The number of hydrogen-bond donors (Lipinski definition) is 1. The fraction of sp³-hybridized carbons (Fsp3) is 0.167. The Balaban J connectivity index is 2.89. The standard InChI is InChI=1S/C6H4F3OS/c7-6(8,9)5-2-1-4(3-10)11-5/h1-3,10H. The van der Waals surface area contributed by atoms with Crippen LogP contribution in [-0.2, 0) is 6.18 Å². The lowest BCUT2D eigenvalue weighted by Gasteiger charge is -2.00. The molecule has 1 heterocycles. The van der Waals surface area contributed by atoms with Gasteiger partial charge in [0.1, 0.15) is 11.5 Å². The molecule has 1 rings (SSSR count). The van der Waals surface area contributed by atoms with Crippen LogP contribution >= 0.6 is 11.3 Å². The molecule has 1 aromatic heterocycles. The van der Waals surface area contributed by atoms with E-state index in [-0.39, 0.29) is 4.88 Å². The molecule has 1 radical (unpaired) electrons. The zero-order valence-corrected chi connectivity index (χ0v) is 6.04. The van der Waals surface area contributed by atoms with Gasteiger partial charge >= 0.3 is 6.18 Å². The van der Waals surface area contributed by atoms with Crippen molar-refractivity contribution in [2.75, 3.05) is 0 Å². The predicted octanol–water partition coefficient (Wildman–Crippen LogP) is 2.65. The second-order valence-electron chi connectivity index (χ2n) is 1.83. The van der Waals surface area contributed by atoms with Crippen molar-refractivity contribution < 1.29 is 18.3 Å². The van der Waals surface area contributed by atoms with Crippen LogP contribution in [0, 0.1) is 6.61 Å². The van der Waals surface area contributed by atoms with Crippen LogP contribution in [0.5, 0.6) is 0 Å². The highest BCUT2D eigenvalue weighted by Crippen LogP contribution is 2.34. The molecule has 1 nitrogen and oxygen atoms in total. The molecule has 61 valence electrons. The molecule has 0 aliphatic rings. The molecule has 0 unspecified atom stereocenters. The second kappa shape index (κ2) is 2.83. The van der Waals surface area contributed by atoms with Crippen LogP contribution in [0.15, 0.2) is 12.1 Å². The summed E-state index contributed by atoms with van der Waals surface area (Å²) >= 11 is 0.509. The fourth-order valence-electron chi connectivity index (χ4n) is 0.575. The van der Waals surface area contributed by atoms with E-state index in [1.54, 1.807) is 0 Å². The normalized spacial score (nSPS) is 12.0. The highest BCUT2D eigenvalue weighted by molar-refractivity contribution is 7.12. The van der Waals surface area contributed by atoms with Crippen LogP contribution in [0.4, 0.5) is 13.2 Å². The monoisotopic (exact) mass is 181 g/mol. The van der Waals surface area contributed by atoms with Gasteiger partial charge in [0.2, 0.25) is 0 Å². The molecule has 0 spiro atoms. The second-order valence-corrected chi connectivity index (χ2v) is 2.94. The van der Waals surface area contributed by atoms with Gasteiger partial charge in [-0.3, -0.25) is 0 Å². The van der Waals surface area contributed by atoms with Crippen molar-refractivity contribution in [2.24, 2.45) is 0 Å². The van der Waals surface area contributed by atoms with E-state index in [4.69, 9.17) is 5.11 Å². The zero-order chi connectivity index (χ0) is 8.48. The molecule has 0 saturated carbocycles. The minimum Gasteiger partial charge on any atom is -0.384 e. The summed E-state index contributed by atoms with van der Waals surface area (Å²) in [5.41, 5.74) is 0. The minimum atomic E-state index is -4.30. The molecule has 11 heavy (non-hydrogen) atoms. The van der Waals surface area contributed by atoms with Gasteiger partial charge in [0.05, 0.1) is 0 Å². The summed E-state index contributed by atoms with van der Waals surface area (Å²) < 4.78 is 35.6. The van der Waals surface area contributed by atoms with Crippen molar-refractivity contribution in [1.29, 1.82) is 0 Å². The molecule has 1 aromatic rings. The Morgan fingerprint density at radius 2 is 2.00 bits per heavy atom. The van der Waals surface area contributed by atoms with E-state index >= 15 is 0 Å². The maximum atomic E-state index is 11.9. The number of aliphatic hydroxyl groups excluding tert-OH is 1. The first-order valence-electron chi connectivity index (χ1n) is 2.68. The van der Waals surface area contributed by atoms with Crippen LogP contribution in [0.3, 0.4) is 0 Å². The molecular formula is C6H4F3OS. The van der Waals surface area contributed by atoms with Crippen molar-refractivity contribution in [3.63, 3.8) is 0 Å². The first kappa shape index (κ1) is 8.55. The molecule has 0 aliphatic heterocycles. The Labute approximate surface area is 65.1 Å². The smallest absolute Gasteiger partial charge is 0.384 e. The van der Waals surface area contributed by atoms with Gasteiger partial charge in [0.15, 0.2) is 0 Å². The van der Waals surface area contributed by atoms with Gasteiger partial charge in [-0.1, -0.05) is 0 Å². The Kier molecular flexibility index (Phi) is 2.20. The van der Waals surface area contributed by atoms with E-state index < -0.39 is 11.1 Å². The lowest BCUT2D eigenvalue weighted by molar-refractivity contribution is -0.134. The van der Waals surface area contributed by atoms with E-state index in [9.17, 15) is 13.2 Å². The lowest BCUT2D eigenvalue weighted by atomic mass is 10.4. The molecule has 0 amide bonds. The fourth-order valence-corrected chi connectivity index (χ4v) is 1.27. The minimum absolute atomic E-state index is 0.206. The van der Waals surface area contributed by atoms with Gasteiger partial charge in [-0.25, -0.2) is 0 Å². The summed E-state index contributed by atoms with van der Waals surface area (Å²) in [6.07, 6.45) is -4.30. The van der Waals surface area contributed by atoms with Crippen molar-refractivity contribution >= 4 is 11.3 Å².